The van der Waals surface area contributed by atoms with Crippen LogP contribution in [-0.4, -0.2) is 45.1 Å². The van der Waals surface area contributed by atoms with Crippen molar-refractivity contribution in [2.45, 2.75) is 13.0 Å². The van der Waals surface area contributed by atoms with Gasteiger partial charge in [-0.1, -0.05) is 30.3 Å². The number of nitrogens with one attached hydrogen (secondary N) is 1. The van der Waals surface area contributed by atoms with Crippen LogP contribution in [0.5, 0.6) is 0 Å². The summed E-state index contributed by atoms with van der Waals surface area (Å²) in [5.41, 5.74) is 2.42. The van der Waals surface area contributed by atoms with Crippen molar-refractivity contribution < 1.29 is 9.59 Å². The minimum absolute atomic E-state index is 0.0500. The Balaban J connectivity index is 1.58. The van der Waals surface area contributed by atoms with Crippen LogP contribution in [0.2, 0.25) is 0 Å². The molecule has 0 radical (unpaired) electrons. The van der Waals surface area contributed by atoms with Gasteiger partial charge < -0.3 is 10.2 Å². The Morgan fingerprint density at radius 3 is 2.44 bits per heavy atom. The fourth-order valence-corrected chi connectivity index (χ4v) is 2.66. The Labute approximate surface area is 157 Å². The zero-order chi connectivity index (χ0) is 19.2. The molecule has 0 aliphatic carbocycles. The summed E-state index contributed by atoms with van der Waals surface area (Å²) in [5.74, 6) is -0.422. The zero-order valence-corrected chi connectivity index (χ0v) is 15.2. The van der Waals surface area contributed by atoms with Crippen molar-refractivity contribution in [3.8, 4) is 5.69 Å². The number of nitrogens with zero attached hydrogens (tertiary/aromatic N) is 4. The van der Waals surface area contributed by atoms with E-state index in [-0.39, 0.29) is 24.4 Å². The lowest BCUT2D eigenvalue weighted by Gasteiger charge is -2.25. The van der Waals surface area contributed by atoms with E-state index in [0.717, 1.165) is 11.3 Å². The number of carbonyl (C=O) groups excluding carboxylic acids is 2. The van der Waals surface area contributed by atoms with E-state index in [4.69, 9.17) is 0 Å². The molecule has 0 aliphatic rings. The molecule has 7 heteroatoms. The molecule has 1 atom stereocenters. The largest absolute Gasteiger partial charge is 0.343 e. The smallest absolute Gasteiger partial charge is 0.251 e. The van der Waals surface area contributed by atoms with Gasteiger partial charge in [0, 0.05) is 12.6 Å². The van der Waals surface area contributed by atoms with Crippen LogP contribution >= 0.6 is 0 Å². The van der Waals surface area contributed by atoms with Crippen molar-refractivity contribution >= 4 is 11.8 Å². The summed E-state index contributed by atoms with van der Waals surface area (Å²) in [4.78, 5) is 30.1. The molecule has 27 heavy (non-hydrogen) atoms. The van der Waals surface area contributed by atoms with Gasteiger partial charge in [-0.15, -0.1) is 0 Å². The minimum atomic E-state index is -0.262. The number of hydrogen-bond donors (Lipinski definition) is 1. The van der Waals surface area contributed by atoms with E-state index >= 15 is 0 Å². The number of aromatic nitrogens is 3. The predicted octanol–water partition coefficient (Wildman–Crippen LogP) is 2.22. The molecule has 0 bridgehead atoms. The van der Waals surface area contributed by atoms with Crippen LogP contribution in [0.3, 0.4) is 0 Å². The monoisotopic (exact) mass is 363 g/mol. The highest BCUT2D eigenvalue weighted by atomic mass is 16.2. The summed E-state index contributed by atoms with van der Waals surface area (Å²) in [5, 5.41) is 6.76. The zero-order valence-electron chi connectivity index (χ0n) is 15.2. The molecule has 3 aromatic rings. The van der Waals surface area contributed by atoms with Crippen LogP contribution in [-0.2, 0) is 4.79 Å². The molecule has 138 valence electrons. The van der Waals surface area contributed by atoms with Gasteiger partial charge in [0.25, 0.3) is 5.91 Å². The second kappa shape index (κ2) is 8.27. The molecular formula is C20H21N5O2. The van der Waals surface area contributed by atoms with Gasteiger partial charge in [-0.3, -0.25) is 9.59 Å². The first-order valence-corrected chi connectivity index (χ1v) is 8.60. The van der Waals surface area contributed by atoms with Crippen LogP contribution in [0.15, 0.2) is 67.3 Å². The highest BCUT2D eigenvalue weighted by Crippen LogP contribution is 2.20. The number of amides is 2. The topological polar surface area (TPSA) is 80.1 Å². The Morgan fingerprint density at radius 1 is 1.11 bits per heavy atom. The maximum Gasteiger partial charge on any atom is 0.251 e. The van der Waals surface area contributed by atoms with Crippen LogP contribution in [0, 0.1) is 0 Å². The summed E-state index contributed by atoms with van der Waals surface area (Å²) in [6, 6.07) is 16.5. The van der Waals surface area contributed by atoms with Crippen LogP contribution in [0.1, 0.15) is 28.9 Å². The van der Waals surface area contributed by atoms with Crippen molar-refractivity contribution in [1.29, 1.82) is 0 Å². The first kappa shape index (κ1) is 18.3. The molecule has 1 heterocycles. The molecule has 1 aromatic heterocycles. The standard InChI is InChI=1S/C20H21N5O2/c1-15(16-8-10-18(11-9-16)25-14-21-13-23-25)24(2)19(26)12-22-20(27)17-6-4-3-5-7-17/h3-11,13-15H,12H2,1-2H3,(H,22,27). The average Bonchev–Trinajstić information content (AvgIpc) is 3.26. The van der Waals surface area contributed by atoms with Gasteiger partial charge in [0.05, 0.1) is 18.3 Å². The summed E-state index contributed by atoms with van der Waals surface area (Å²) < 4.78 is 1.67. The van der Waals surface area contributed by atoms with E-state index in [1.165, 1.54) is 6.33 Å². The van der Waals surface area contributed by atoms with Gasteiger partial charge >= 0.3 is 0 Å². The van der Waals surface area contributed by atoms with Crippen molar-refractivity contribution in [3.05, 3.63) is 78.4 Å². The maximum absolute atomic E-state index is 12.4. The predicted molar refractivity (Wildman–Crippen MR) is 101 cm³/mol. The molecule has 3 rings (SSSR count). The van der Waals surface area contributed by atoms with Crippen molar-refractivity contribution in [3.63, 3.8) is 0 Å². The minimum Gasteiger partial charge on any atom is -0.343 e. The van der Waals surface area contributed by atoms with Crippen LogP contribution in [0.4, 0.5) is 0 Å². The lowest BCUT2D eigenvalue weighted by atomic mass is 10.1. The Hall–Kier alpha value is -3.48. The SMILES string of the molecule is CC(c1ccc(-n2cncn2)cc1)N(C)C(=O)CNC(=O)c1ccccc1. The van der Waals surface area contributed by atoms with Crippen molar-refractivity contribution in [1.82, 2.24) is 25.0 Å². The second-order valence-corrected chi connectivity index (χ2v) is 6.16. The van der Waals surface area contributed by atoms with Gasteiger partial charge in [-0.2, -0.15) is 5.10 Å². The Kier molecular flexibility index (Phi) is 5.61. The molecule has 0 aliphatic heterocycles. The normalized spacial score (nSPS) is 11.6. The maximum atomic E-state index is 12.4. The Bertz CT molecular complexity index is 892. The first-order chi connectivity index (χ1) is 13.1. The van der Waals surface area contributed by atoms with E-state index in [1.54, 1.807) is 47.2 Å². The van der Waals surface area contributed by atoms with E-state index in [0.29, 0.717) is 5.56 Å². The average molecular weight is 363 g/mol. The van der Waals surface area contributed by atoms with Crippen LogP contribution < -0.4 is 5.32 Å². The molecule has 2 aromatic carbocycles. The number of rotatable bonds is 6. The summed E-state index contributed by atoms with van der Waals surface area (Å²) in [6.45, 7) is 1.90. The highest BCUT2D eigenvalue weighted by molar-refractivity contribution is 5.96. The number of carbonyl (C=O) groups is 2. The molecule has 1 unspecified atom stereocenters. The van der Waals surface area contributed by atoms with Gasteiger partial charge in [-0.25, -0.2) is 9.67 Å². The van der Waals surface area contributed by atoms with Gasteiger partial charge in [-0.05, 0) is 36.8 Å². The number of likely N-dealkylation sites (N-methyl/N-ethyl adjacent to an activating group) is 1. The van der Waals surface area contributed by atoms with Gasteiger partial charge in [0.15, 0.2) is 0 Å². The molecule has 0 saturated carbocycles. The van der Waals surface area contributed by atoms with Gasteiger partial charge in [0.2, 0.25) is 5.91 Å². The van der Waals surface area contributed by atoms with Crippen LogP contribution in [0.25, 0.3) is 5.69 Å². The third-order valence-corrected chi connectivity index (χ3v) is 4.47. The molecule has 0 spiro atoms. The molecule has 0 fully saturated rings. The lowest BCUT2D eigenvalue weighted by molar-refractivity contribution is -0.130. The van der Waals surface area contributed by atoms with Crippen molar-refractivity contribution in [2.24, 2.45) is 0 Å². The molecule has 0 saturated heterocycles. The summed E-state index contributed by atoms with van der Waals surface area (Å²) in [7, 11) is 1.73. The summed E-state index contributed by atoms with van der Waals surface area (Å²) in [6.07, 6.45) is 3.11. The van der Waals surface area contributed by atoms with E-state index < -0.39 is 0 Å². The van der Waals surface area contributed by atoms with E-state index in [1.807, 2.05) is 37.3 Å². The fourth-order valence-electron chi connectivity index (χ4n) is 2.66. The molecular weight excluding hydrogens is 342 g/mol. The fraction of sp³-hybridized carbons (Fsp3) is 0.200. The Morgan fingerprint density at radius 2 is 1.81 bits per heavy atom. The number of hydrogen-bond acceptors (Lipinski definition) is 4. The van der Waals surface area contributed by atoms with E-state index in [9.17, 15) is 9.59 Å². The second-order valence-electron chi connectivity index (χ2n) is 6.16. The number of benzene rings is 2. The highest BCUT2D eigenvalue weighted by Gasteiger charge is 2.18. The molecule has 7 nitrogen and oxygen atoms in total. The third-order valence-electron chi connectivity index (χ3n) is 4.47. The van der Waals surface area contributed by atoms with Gasteiger partial charge in [0.1, 0.15) is 12.7 Å². The van der Waals surface area contributed by atoms with E-state index in [2.05, 4.69) is 15.4 Å². The summed E-state index contributed by atoms with van der Waals surface area (Å²) >= 11 is 0. The molecule has 1 N–H and O–H groups in total. The van der Waals surface area contributed by atoms with Crippen molar-refractivity contribution in [2.75, 3.05) is 13.6 Å². The quantitative estimate of drug-likeness (QED) is 0.728. The molecule has 2 amide bonds. The third kappa shape index (κ3) is 4.38. The lowest BCUT2D eigenvalue weighted by Crippen LogP contribution is -2.39. The first-order valence-electron chi connectivity index (χ1n) is 8.60.